The van der Waals surface area contributed by atoms with Gasteiger partial charge in [0.05, 0.1) is 18.4 Å². The third kappa shape index (κ3) is 5.04. The molecular weight excluding hydrogens is 284 g/mol. The number of imide groups is 1. The van der Waals surface area contributed by atoms with E-state index in [4.69, 9.17) is 9.57 Å². The van der Waals surface area contributed by atoms with E-state index in [-0.39, 0.29) is 0 Å². The lowest BCUT2D eigenvalue weighted by molar-refractivity contribution is -0.0515. The van der Waals surface area contributed by atoms with Crippen LogP contribution in [0, 0.1) is 0 Å². The average Bonchev–Trinajstić information content (AvgIpc) is 2.46. The van der Waals surface area contributed by atoms with Gasteiger partial charge in [-0.15, -0.1) is 0 Å². The first kappa shape index (κ1) is 18.0. The molecule has 0 spiro atoms. The van der Waals surface area contributed by atoms with Crippen LogP contribution < -0.4 is 10.4 Å². The van der Waals surface area contributed by atoms with E-state index < -0.39 is 17.7 Å². The second-order valence-corrected chi connectivity index (χ2v) is 5.81. The molecule has 0 heterocycles. The van der Waals surface area contributed by atoms with Crippen LogP contribution in [0.1, 0.15) is 39.7 Å². The fourth-order valence-corrected chi connectivity index (χ4v) is 1.83. The maximum absolute atomic E-state index is 12.3. The van der Waals surface area contributed by atoms with Crippen molar-refractivity contribution in [3.05, 3.63) is 29.8 Å². The summed E-state index contributed by atoms with van der Waals surface area (Å²) in [7, 11) is 1.23. The molecule has 0 saturated carbocycles. The number of anilines is 1. The SMILES string of the molecule is CCCc1ccccc1N(C(=O)NOC(C)(C)C)C(=O)OC. The van der Waals surface area contributed by atoms with Gasteiger partial charge in [-0.25, -0.2) is 15.1 Å². The molecule has 22 heavy (non-hydrogen) atoms. The van der Waals surface area contributed by atoms with Gasteiger partial charge < -0.3 is 4.74 Å². The summed E-state index contributed by atoms with van der Waals surface area (Å²) in [5.74, 6) is 0. The van der Waals surface area contributed by atoms with Crippen LogP contribution in [0.2, 0.25) is 0 Å². The summed E-state index contributed by atoms with van der Waals surface area (Å²) in [5.41, 5.74) is 3.10. The van der Waals surface area contributed by atoms with Crippen molar-refractivity contribution >= 4 is 17.8 Å². The predicted octanol–water partition coefficient (Wildman–Crippen LogP) is 3.65. The number of carbonyl (C=O) groups is 2. The third-order valence-electron chi connectivity index (χ3n) is 2.76. The Morgan fingerprint density at radius 3 is 2.41 bits per heavy atom. The van der Waals surface area contributed by atoms with Crippen molar-refractivity contribution in [2.45, 2.75) is 46.1 Å². The molecule has 0 bridgehead atoms. The second-order valence-electron chi connectivity index (χ2n) is 5.81. The number of methoxy groups -OCH3 is 1. The molecule has 0 radical (unpaired) electrons. The van der Waals surface area contributed by atoms with Gasteiger partial charge in [0.2, 0.25) is 0 Å². The minimum atomic E-state index is -0.765. The molecule has 1 N–H and O–H groups in total. The summed E-state index contributed by atoms with van der Waals surface area (Å²) < 4.78 is 4.72. The van der Waals surface area contributed by atoms with E-state index in [0.29, 0.717) is 5.69 Å². The topological polar surface area (TPSA) is 67.9 Å². The van der Waals surface area contributed by atoms with Crippen LogP contribution in [0.3, 0.4) is 0 Å². The fourth-order valence-electron chi connectivity index (χ4n) is 1.83. The molecule has 0 aliphatic heterocycles. The number of carbonyl (C=O) groups excluding carboxylic acids is 2. The molecule has 0 aliphatic rings. The van der Waals surface area contributed by atoms with Gasteiger partial charge in [-0.05, 0) is 38.8 Å². The Bertz CT molecular complexity index is 523. The summed E-state index contributed by atoms with van der Waals surface area (Å²) >= 11 is 0. The molecule has 0 fully saturated rings. The molecule has 1 aromatic carbocycles. The van der Waals surface area contributed by atoms with Gasteiger partial charge in [-0.1, -0.05) is 31.5 Å². The van der Waals surface area contributed by atoms with Crippen LogP contribution in [-0.2, 0) is 16.0 Å². The molecule has 122 valence electrons. The number of amides is 3. The molecule has 0 aliphatic carbocycles. The van der Waals surface area contributed by atoms with E-state index in [9.17, 15) is 9.59 Å². The number of nitrogens with zero attached hydrogens (tertiary/aromatic N) is 1. The lowest BCUT2D eigenvalue weighted by Crippen LogP contribution is -2.46. The van der Waals surface area contributed by atoms with Gasteiger partial charge in [0.15, 0.2) is 0 Å². The first-order valence-corrected chi connectivity index (χ1v) is 7.24. The lowest BCUT2D eigenvalue weighted by Gasteiger charge is -2.25. The summed E-state index contributed by atoms with van der Waals surface area (Å²) in [4.78, 5) is 30.5. The summed E-state index contributed by atoms with van der Waals surface area (Å²) in [6.07, 6.45) is 0.877. The zero-order valence-corrected chi connectivity index (χ0v) is 13.8. The van der Waals surface area contributed by atoms with Gasteiger partial charge in [-0.2, -0.15) is 4.90 Å². The normalized spacial score (nSPS) is 11.0. The van der Waals surface area contributed by atoms with E-state index in [0.717, 1.165) is 23.3 Å². The first-order chi connectivity index (χ1) is 10.3. The summed E-state index contributed by atoms with van der Waals surface area (Å²) in [6, 6.07) is 6.53. The molecule has 0 saturated heterocycles. The minimum absolute atomic E-state index is 0.492. The van der Waals surface area contributed by atoms with E-state index in [1.54, 1.807) is 32.9 Å². The van der Waals surface area contributed by atoms with Crippen LogP contribution in [0.15, 0.2) is 24.3 Å². The Morgan fingerprint density at radius 1 is 1.23 bits per heavy atom. The highest BCUT2D eigenvalue weighted by Gasteiger charge is 2.27. The highest BCUT2D eigenvalue weighted by molar-refractivity contribution is 6.11. The van der Waals surface area contributed by atoms with Gasteiger partial charge >= 0.3 is 12.1 Å². The Morgan fingerprint density at radius 2 is 1.86 bits per heavy atom. The predicted molar refractivity (Wildman–Crippen MR) is 84.7 cm³/mol. The highest BCUT2D eigenvalue weighted by Crippen LogP contribution is 2.23. The largest absolute Gasteiger partial charge is 0.452 e. The quantitative estimate of drug-likeness (QED) is 0.862. The number of para-hydroxylation sites is 1. The highest BCUT2D eigenvalue weighted by atomic mass is 16.7. The van der Waals surface area contributed by atoms with Crippen molar-refractivity contribution in [2.75, 3.05) is 12.0 Å². The number of ether oxygens (including phenoxy) is 1. The van der Waals surface area contributed by atoms with Gasteiger partial charge in [0, 0.05) is 0 Å². The second kappa shape index (κ2) is 7.79. The smallest absolute Gasteiger partial charge is 0.422 e. The van der Waals surface area contributed by atoms with Gasteiger partial charge in [0.1, 0.15) is 0 Å². The number of hydrogen-bond acceptors (Lipinski definition) is 4. The van der Waals surface area contributed by atoms with E-state index in [1.165, 1.54) is 7.11 Å². The molecule has 0 unspecified atom stereocenters. The average molecular weight is 308 g/mol. The Labute approximate surface area is 131 Å². The van der Waals surface area contributed by atoms with Crippen molar-refractivity contribution in [3.63, 3.8) is 0 Å². The third-order valence-corrected chi connectivity index (χ3v) is 2.76. The maximum Gasteiger partial charge on any atom is 0.422 e. The number of hydrogen-bond donors (Lipinski definition) is 1. The van der Waals surface area contributed by atoms with Crippen molar-refractivity contribution in [2.24, 2.45) is 0 Å². The van der Waals surface area contributed by atoms with E-state index in [1.807, 2.05) is 19.1 Å². The number of aryl methyl sites for hydroxylation is 1. The Kier molecular flexibility index (Phi) is 6.37. The maximum atomic E-state index is 12.3. The van der Waals surface area contributed by atoms with Gasteiger partial charge in [0.25, 0.3) is 0 Å². The number of benzene rings is 1. The van der Waals surface area contributed by atoms with Crippen LogP contribution in [-0.4, -0.2) is 24.8 Å². The zero-order chi connectivity index (χ0) is 16.8. The molecule has 1 rings (SSSR count). The molecule has 3 amide bonds. The molecule has 0 atom stereocenters. The van der Waals surface area contributed by atoms with Crippen LogP contribution in [0.25, 0.3) is 0 Å². The van der Waals surface area contributed by atoms with E-state index >= 15 is 0 Å². The van der Waals surface area contributed by atoms with Crippen LogP contribution >= 0.6 is 0 Å². The molecule has 1 aromatic rings. The van der Waals surface area contributed by atoms with Crippen molar-refractivity contribution in [1.82, 2.24) is 5.48 Å². The monoisotopic (exact) mass is 308 g/mol. The first-order valence-electron chi connectivity index (χ1n) is 7.24. The van der Waals surface area contributed by atoms with Crippen molar-refractivity contribution < 1.29 is 19.2 Å². The van der Waals surface area contributed by atoms with E-state index in [2.05, 4.69) is 5.48 Å². The van der Waals surface area contributed by atoms with Crippen LogP contribution in [0.4, 0.5) is 15.3 Å². The Balaban J connectivity index is 3.08. The van der Waals surface area contributed by atoms with Crippen molar-refractivity contribution in [3.8, 4) is 0 Å². The standard InChI is InChI=1S/C16H24N2O4/c1-6-9-12-10-7-8-11-13(12)18(15(20)21-5)14(19)17-22-16(2,3)4/h7-8,10-11H,6,9H2,1-5H3,(H,17,19). The summed E-state index contributed by atoms with van der Waals surface area (Å²) in [5, 5.41) is 0. The molecule has 6 heteroatoms. The number of hydroxylamine groups is 1. The molecule has 6 nitrogen and oxygen atoms in total. The van der Waals surface area contributed by atoms with Crippen LogP contribution in [0.5, 0.6) is 0 Å². The molecular formula is C16H24N2O4. The number of urea groups is 1. The zero-order valence-electron chi connectivity index (χ0n) is 13.8. The number of rotatable bonds is 4. The lowest BCUT2D eigenvalue weighted by atomic mass is 10.1. The summed E-state index contributed by atoms with van der Waals surface area (Å²) in [6.45, 7) is 7.41. The fraction of sp³-hybridized carbons (Fsp3) is 0.500. The Hall–Kier alpha value is -2.08. The number of nitrogens with one attached hydrogen (secondary N) is 1. The van der Waals surface area contributed by atoms with Gasteiger partial charge in [-0.3, -0.25) is 4.84 Å². The van der Waals surface area contributed by atoms with Crippen molar-refractivity contribution in [1.29, 1.82) is 0 Å². The molecule has 0 aromatic heterocycles. The minimum Gasteiger partial charge on any atom is -0.452 e.